The molecule has 1 amide bonds. The van der Waals surface area contributed by atoms with Gasteiger partial charge in [0.05, 0.1) is 12.1 Å². The van der Waals surface area contributed by atoms with Crippen molar-refractivity contribution in [3.05, 3.63) is 57.8 Å². The molecular weight excluding hydrogens is 280 g/mol. The molecule has 0 spiro atoms. The van der Waals surface area contributed by atoms with Crippen LogP contribution in [0.1, 0.15) is 34.9 Å². The van der Waals surface area contributed by atoms with Gasteiger partial charge in [0, 0.05) is 4.88 Å². The van der Waals surface area contributed by atoms with Crippen molar-refractivity contribution in [3.63, 3.8) is 0 Å². The van der Waals surface area contributed by atoms with E-state index in [2.05, 4.69) is 16.8 Å². The van der Waals surface area contributed by atoms with Crippen LogP contribution in [0.25, 0.3) is 0 Å². The van der Waals surface area contributed by atoms with Crippen molar-refractivity contribution in [3.8, 4) is 0 Å². The van der Waals surface area contributed by atoms with Crippen LogP contribution in [0.2, 0.25) is 0 Å². The number of thiophene rings is 1. The van der Waals surface area contributed by atoms with Gasteiger partial charge in [-0.25, -0.2) is 0 Å². The number of amides is 1. The second-order valence-corrected chi connectivity index (χ2v) is 6.55. The van der Waals surface area contributed by atoms with Crippen molar-refractivity contribution in [2.45, 2.75) is 37.8 Å². The molecule has 0 aliphatic heterocycles. The zero-order valence-electron chi connectivity index (χ0n) is 11.9. The third-order valence-corrected chi connectivity index (χ3v) is 5.00. The molecule has 1 heterocycles. The van der Waals surface area contributed by atoms with Crippen molar-refractivity contribution >= 4 is 17.2 Å². The summed E-state index contributed by atoms with van der Waals surface area (Å²) in [5.74, 6) is -0.0529. The molecule has 1 aliphatic rings. The SMILES string of the molecule is N[C@@H](Cc1ccccc1)C(=O)NC1CCCc2sccc21. The molecule has 1 aliphatic carbocycles. The Labute approximate surface area is 129 Å². The summed E-state index contributed by atoms with van der Waals surface area (Å²) in [7, 11) is 0. The largest absolute Gasteiger partial charge is 0.348 e. The Hall–Kier alpha value is -1.65. The summed E-state index contributed by atoms with van der Waals surface area (Å²) in [6.45, 7) is 0. The molecule has 2 atom stereocenters. The molecule has 1 unspecified atom stereocenters. The highest BCUT2D eigenvalue weighted by Gasteiger charge is 2.24. The van der Waals surface area contributed by atoms with Crippen molar-refractivity contribution in [2.75, 3.05) is 0 Å². The monoisotopic (exact) mass is 300 g/mol. The van der Waals surface area contributed by atoms with Crippen molar-refractivity contribution < 1.29 is 4.79 Å². The average molecular weight is 300 g/mol. The Morgan fingerprint density at radius 2 is 2.14 bits per heavy atom. The smallest absolute Gasteiger partial charge is 0.237 e. The van der Waals surface area contributed by atoms with Gasteiger partial charge in [0.25, 0.3) is 0 Å². The van der Waals surface area contributed by atoms with E-state index < -0.39 is 6.04 Å². The minimum absolute atomic E-state index is 0.0529. The number of fused-ring (bicyclic) bond motifs is 1. The number of hydrogen-bond acceptors (Lipinski definition) is 3. The van der Waals surface area contributed by atoms with E-state index in [1.165, 1.54) is 10.4 Å². The molecule has 0 fully saturated rings. The highest BCUT2D eigenvalue weighted by Crippen LogP contribution is 2.33. The van der Waals surface area contributed by atoms with Gasteiger partial charge in [0.2, 0.25) is 5.91 Å². The van der Waals surface area contributed by atoms with Crippen LogP contribution >= 0.6 is 11.3 Å². The molecule has 0 bridgehead atoms. The fourth-order valence-corrected chi connectivity index (χ4v) is 3.86. The lowest BCUT2D eigenvalue weighted by atomic mass is 9.93. The topological polar surface area (TPSA) is 55.1 Å². The number of nitrogens with one attached hydrogen (secondary N) is 1. The molecular formula is C17H20N2OS. The van der Waals surface area contributed by atoms with Crippen molar-refractivity contribution in [1.29, 1.82) is 0 Å². The van der Waals surface area contributed by atoms with Crippen LogP contribution in [0, 0.1) is 0 Å². The van der Waals surface area contributed by atoms with E-state index >= 15 is 0 Å². The number of nitrogens with two attached hydrogens (primary N) is 1. The molecule has 4 heteroatoms. The van der Waals surface area contributed by atoms with Crippen LogP contribution in [-0.4, -0.2) is 11.9 Å². The van der Waals surface area contributed by atoms with E-state index in [0.29, 0.717) is 6.42 Å². The molecule has 1 aromatic heterocycles. The number of carbonyl (C=O) groups excluding carboxylic acids is 1. The Kier molecular flexibility index (Phi) is 4.36. The van der Waals surface area contributed by atoms with Gasteiger partial charge < -0.3 is 11.1 Å². The van der Waals surface area contributed by atoms with Gasteiger partial charge in [-0.3, -0.25) is 4.79 Å². The normalized spacial score (nSPS) is 18.8. The third kappa shape index (κ3) is 3.34. The Balaban J connectivity index is 1.62. The number of aryl methyl sites for hydroxylation is 1. The fraction of sp³-hybridized carbons (Fsp3) is 0.353. The van der Waals surface area contributed by atoms with Crippen molar-refractivity contribution in [1.82, 2.24) is 5.32 Å². The maximum atomic E-state index is 12.3. The van der Waals surface area contributed by atoms with E-state index in [-0.39, 0.29) is 11.9 Å². The lowest BCUT2D eigenvalue weighted by Gasteiger charge is -2.25. The highest BCUT2D eigenvalue weighted by molar-refractivity contribution is 7.10. The summed E-state index contributed by atoms with van der Waals surface area (Å²) in [5, 5.41) is 5.23. The van der Waals surface area contributed by atoms with Crippen LogP contribution < -0.4 is 11.1 Å². The number of carbonyl (C=O) groups is 1. The van der Waals surface area contributed by atoms with Crippen LogP contribution in [0.4, 0.5) is 0 Å². The van der Waals surface area contributed by atoms with E-state index in [4.69, 9.17) is 5.73 Å². The number of rotatable bonds is 4. The number of benzene rings is 1. The molecule has 1 aromatic carbocycles. The molecule has 21 heavy (non-hydrogen) atoms. The molecule has 0 saturated heterocycles. The van der Waals surface area contributed by atoms with E-state index in [1.54, 1.807) is 11.3 Å². The van der Waals surface area contributed by atoms with Gasteiger partial charge in [-0.05, 0) is 48.3 Å². The Bertz CT molecular complexity index is 608. The molecule has 2 aromatic rings. The van der Waals surface area contributed by atoms with Crippen LogP contribution in [0.5, 0.6) is 0 Å². The first-order valence-electron chi connectivity index (χ1n) is 7.40. The lowest BCUT2D eigenvalue weighted by molar-refractivity contribution is -0.123. The van der Waals surface area contributed by atoms with E-state index in [9.17, 15) is 4.79 Å². The van der Waals surface area contributed by atoms with Gasteiger partial charge in [0.1, 0.15) is 0 Å². The first kappa shape index (κ1) is 14.3. The highest BCUT2D eigenvalue weighted by atomic mass is 32.1. The van der Waals surface area contributed by atoms with Gasteiger partial charge in [-0.15, -0.1) is 11.3 Å². The molecule has 3 N–H and O–H groups in total. The van der Waals surface area contributed by atoms with Gasteiger partial charge in [0.15, 0.2) is 0 Å². The standard InChI is InChI=1S/C17H20N2OS/c18-14(11-12-5-2-1-3-6-12)17(20)19-15-7-4-8-16-13(15)9-10-21-16/h1-3,5-6,9-10,14-15H,4,7-8,11,18H2,(H,19,20)/t14-,15?/m0/s1. The zero-order valence-corrected chi connectivity index (χ0v) is 12.7. The lowest BCUT2D eigenvalue weighted by Crippen LogP contribution is -2.44. The van der Waals surface area contributed by atoms with Crippen LogP contribution in [0.15, 0.2) is 41.8 Å². The second kappa shape index (κ2) is 6.41. The summed E-state index contributed by atoms with van der Waals surface area (Å²) < 4.78 is 0. The molecule has 3 rings (SSSR count). The van der Waals surface area contributed by atoms with E-state index in [0.717, 1.165) is 24.8 Å². The first-order chi connectivity index (χ1) is 10.2. The van der Waals surface area contributed by atoms with E-state index in [1.807, 2.05) is 30.3 Å². The minimum atomic E-state index is -0.489. The maximum absolute atomic E-state index is 12.3. The molecule has 0 saturated carbocycles. The summed E-state index contributed by atoms with van der Waals surface area (Å²) in [6.07, 6.45) is 3.85. The molecule has 3 nitrogen and oxygen atoms in total. The van der Waals surface area contributed by atoms with Gasteiger partial charge in [-0.2, -0.15) is 0 Å². The Morgan fingerprint density at radius 1 is 1.33 bits per heavy atom. The second-order valence-electron chi connectivity index (χ2n) is 5.55. The third-order valence-electron chi connectivity index (χ3n) is 4.00. The average Bonchev–Trinajstić information content (AvgIpc) is 2.98. The minimum Gasteiger partial charge on any atom is -0.348 e. The van der Waals surface area contributed by atoms with Gasteiger partial charge in [-0.1, -0.05) is 30.3 Å². The summed E-state index contributed by atoms with van der Waals surface area (Å²) in [4.78, 5) is 13.7. The quantitative estimate of drug-likeness (QED) is 0.912. The summed E-state index contributed by atoms with van der Waals surface area (Å²) in [6, 6.07) is 11.7. The zero-order chi connectivity index (χ0) is 14.7. The number of hydrogen-bond donors (Lipinski definition) is 2. The first-order valence-corrected chi connectivity index (χ1v) is 8.28. The molecule has 0 radical (unpaired) electrons. The van der Waals surface area contributed by atoms with Crippen molar-refractivity contribution in [2.24, 2.45) is 5.73 Å². The van der Waals surface area contributed by atoms with Gasteiger partial charge >= 0.3 is 0 Å². The van der Waals surface area contributed by atoms with Crippen LogP contribution in [0.3, 0.4) is 0 Å². The Morgan fingerprint density at radius 3 is 2.95 bits per heavy atom. The van der Waals surface area contributed by atoms with Crippen LogP contribution in [-0.2, 0) is 17.6 Å². The molecule has 110 valence electrons. The summed E-state index contributed by atoms with van der Waals surface area (Å²) in [5.41, 5.74) is 8.43. The maximum Gasteiger partial charge on any atom is 0.237 e. The predicted octanol–water partition coefficient (Wildman–Crippen LogP) is 2.81. The fourth-order valence-electron chi connectivity index (χ4n) is 2.88. The predicted molar refractivity (Wildman–Crippen MR) is 86.3 cm³/mol. The summed E-state index contributed by atoms with van der Waals surface area (Å²) >= 11 is 1.78.